The molecule has 0 fully saturated rings. The highest BCUT2D eigenvalue weighted by Gasteiger charge is 1.97. The van der Waals surface area contributed by atoms with Crippen LogP contribution in [0.4, 0.5) is 5.69 Å². The van der Waals surface area contributed by atoms with Crippen molar-refractivity contribution in [1.29, 1.82) is 0 Å². The van der Waals surface area contributed by atoms with Crippen LogP contribution >= 0.6 is 32.5 Å². The van der Waals surface area contributed by atoms with Gasteiger partial charge in [-0.05, 0) is 41.5 Å². The molecule has 1 aromatic carbocycles. The molecule has 6 heteroatoms. The van der Waals surface area contributed by atoms with E-state index in [2.05, 4.69) is 9.37 Å². The van der Waals surface area contributed by atoms with Crippen molar-refractivity contribution in [2.75, 3.05) is 6.61 Å². The molecule has 1 aromatic heterocycles. The third-order valence-electron chi connectivity index (χ3n) is 1.79. The largest absolute Gasteiger partial charge is 0.494 e. The Bertz CT molecular complexity index is 518. The molecule has 0 bridgehead atoms. The topological polar surface area (TPSA) is 34.5 Å². The molecule has 0 aliphatic heterocycles. The number of benzene rings is 1. The predicted molar refractivity (Wildman–Crippen MR) is 67.8 cm³/mol. The molecule has 0 aliphatic carbocycles. The number of rotatable bonds is 3. The highest BCUT2D eigenvalue weighted by molar-refractivity contribution is 7.66. The van der Waals surface area contributed by atoms with E-state index in [0.717, 1.165) is 16.1 Å². The first-order valence-corrected chi connectivity index (χ1v) is 7.17. The number of nitrogens with zero attached hydrogens (tertiary/aromatic N) is 2. The molecule has 0 saturated heterocycles. The van der Waals surface area contributed by atoms with Gasteiger partial charge in [0.25, 0.3) is 0 Å². The Morgan fingerprint density at radius 2 is 2.12 bits per heavy atom. The van der Waals surface area contributed by atoms with E-state index in [4.69, 9.17) is 16.3 Å². The van der Waals surface area contributed by atoms with Gasteiger partial charge in [-0.1, -0.05) is 11.6 Å². The highest BCUT2D eigenvalue weighted by atomic mass is 35.5. The summed E-state index contributed by atoms with van der Waals surface area (Å²) < 4.78 is 10.1. The van der Waals surface area contributed by atoms with Crippen molar-refractivity contribution < 1.29 is 4.74 Å². The SMILES string of the molecule is CCOc1ccc(N=c2ssnc2Cl)cc1. The summed E-state index contributed by atoms with van der Waals surface area (Å²) in [5.74, 6) is 0.847. The first kappa shape index (κ1) is 11.6. The fourth-order valence-corrected chi connectivity index (χ4v) is 3.12. The van der Waals surface area contributed by atoms with Gasteiger partial charge in [-0.3, -0.25) is 0 Å². The molecule has 0 spiro atoms. The van der Waals surface area contributed by atoms with Crippen LogP contribution in [0.1, 0.15) is 6.92 Å². The molecule has 0 unspecified atom stereocenters. The molecule has 2 aromatic rings. The lowest BCUT2D eigenvalue weighted by Gasteiger charge is -2.01. The van der Waals surface area contributed by atoms with Gasteiger partial charge >= 0.3 is 0 Å². The van der Waals surface area contributed by atoms with E-state index in [1.165, 1.54) is 20.9 Å². The van der Waals surface area contributed by atoms with Gasteiger partial charge in [-0.25, -0.2) is 4.99 Å². The molecule has 0 N–H and O–H groups in total. The second-order valence-corrected chi connectivity index (χ2v) is 5.07. The van der Waals surface area contributed by atoms with Gasteiger partial charge in [0.05, 0.1) is 12.3 Å². The second-order valence-electron chi connectivity index (χ2n) is 2.88. The van der Waals surface area contributed by atoms with Gasteiger partial charge in [0.2, 0.25) is 0 Å². The number of ether oxygens (including phenoxy) is 1. The average molecular weight is 273 g/mol. The summed E-state index contributed by atoms with van der Waals surface area (Å²) in [5.41, 5.74) is 0.849. The Labute approximate surface area is 106 Å². The molecule has 16 heavy (non-hydrogen) atoms. The fourth-order valence-electron chi connectivity index (χ4n) is 1.13. The maximum absolute atomic E-state index is 5.86. The van der Waals surface area contributed by atoms with Crippen LogP contribution in [0, 0.1) is 0 Å². The van der Waals surface area contributed by atoms with E-state index in [9.17, 15) is 0 Å². The van der Waals surface area contributed by atoms with Crippen LogP contribution in [0.5, 0.6) is 5.75 Å². The number of aromatic nitrogens is 1. The van der Waals surface area contributed by atoms with Gasteiger partial charge in [-0.15, -0.1) is 0 Å². The third kappa shape index (κ3) is 2.81. The normalized spacial score (nSPS) is 11.8. The van der Waals surface area contributed by atoms with E-state index in [-0.39, 0.29) is 0 Å². The van der Waals surface area contributed by atoms with E-state index in [1.54, 1.807) is 0 Å². The molecule has 0 atom stereocenters. The van der Waals surface area contributed by atoms with Crippen LogP contribution in [-0.2, 0) is 0 Å². The van der Waals surface area contributed by atoms with Gasteiger partial charge in [0.1, 0.15) is 5.75 Å². The van der Waals surface area contributed by atoms with Crippen molar-refractivity contribution in [3.63, 3.8) is 0 Å². The zero-order chi connectivity index (χ0) is 11.4. The molecule has 0 saturated carbocycles. The lowest BCUT2D eigenvalue weighted by atomic mass is 10.3. The Morgan fingerprint density at radius 1 is 1.38 bits per heavy atom. The maximum atomic E-state index is 5.86. The maximum Gasteiger partial charge on any atom is 0.179 e. The van der Waals surface area contributed by atoms with Crippen LogP contribution in [0.25, 0.3) is 0 Å². The minimum Gasteiger partial charge on any atom is -0.494 e. The molecular weight excluding hydrogens is 264 g/mol. The summed E-state index contributed by atoms with van der Waals surface area (Å²) in [6.45, 7) is 2.62. The zero-order valence-electron chi connectivity index (χ0n) is 8.51. The Kier molecular flexibility index (Phi) is 3.93. The van der Waals surface area contributed by atoms with Crippen LogP contribution < -0.4 is 9.41 Å². The number of hydrogen-bond acceptors (Lipinski definition) is 5. The Balaban J connectivity index is 2.26. The number of hydrogen-bond donors (Lipinski definition) is 0. The molecule has 3 nitrogen and oxygen atoms in total. The van der Waals surface area contributed by atoms with Crippen LogP contribution in [0.2, 0.25) is 5.15 Å². The van der Waals surface area contributed by atoms with Gasteiger partial charge in [0, 0.05) is 10.5 Å². The summed E-state index contributed by atoms with van der Waals surface area (Å²) in [6.07, 6.45) is 0. The highest BCUT2D eigenvalue weighted by Crippen LogP contribution is 2.18. The standard InChI is InChI=1S/C10H9ClN2OS2/c1-2-14-8-5-3-7(4-6-8)12-10-9(11)13-16-15-10/h3-6H,2H2,1H3. The quantitative estimate of drug-likeness (QED) is 0.802. The second kappa shape index (κ2) is 5.43. The van der Waals surface area contributed by atoms with Crippen LogP contribution in [0.3, 0.4) is 0 Å². The molecule has 0 aliphatic rings. The number of halogens is 1. The van der Waals surface area contributed by atoms with E-state index < -0.39 is 0 Å². The minimum atomic E-state index is 0.462. The molecule has 0 radical (unpaired) electrons. The lowest BCUT2D eigenvalue weighted by molar-refractivity contribution is 0.340. The lowest BCUT2D eigenvalue weighted by Crippen LogP contribution is -1.93. The van der Waals surface area contributed by atoms with E-state index >= 15 is 0 Å². The first-order valence-electron chi connectivity index (χ1n) is 4.68. The van der Waals surface area contributed by atoms with Gasteiger partial charge < -0.3 is 4.74 Å². The van der Waals surface area contributed by atoms with E-state index in [0.29, 0.717) is 11.8 Å². The molecular formula is C10H9ClN2OS2. The van der Waals surface area contributed by atoms with Crippen molar-refractivity contribution >= 4 is 38.2 Å². The summed E-state index contributed by atoms with van der Waals surface area (Å²) in [7, 11) is 2.80. The monoisotopic (exact) mass is 272 g/mol. The Morgan fingerprint density at radius 3 is 2.69 bits per heavy atom. The average Bonchev–Trinajstić information content (AvgIpc) is 2.68. The van der Waals surface area contributed by atoms with Gasteiger partial charge in [-0.2, -0.15) is 4.37 Å². The van der Waals surface area contributed by atoms with Crippen molar-refractivity contribution in [3.05, 3.63) is 34.1 Å². The van der Waals surface area contributed by atoms with Gasteiger partial charge in [0.15, 0.2) is 9.82 Å². The Hall–Kier alpha value is -0.910. The van der Waals surface area contributed by atoms with Crippen LogP contribution in [-0.4, -0.2) is 11.0 Å². The molecule has 84 valence electrons. The summed E-state index contributed by atoms with van der Waals surface area (Å²) in [5, 5.41) is 0.462. The molecule has 2 rings (SSSR count). The summed E-state index contributed by atoms with van der Waals surface area (Å²) in [4.78, 5) is 4.38. The van der Waals surface area contributed by atoms with Crippen molar-refractivity contribution in [2.24, 2.45) is 4.99 Å². The minimum absolute atomic E-state index is 0.462. The fraction of sp³-hybridized carbons (Fsp3) is 0.200. The third-order valence-corrected chi connectivity index (χ3v) is 3.96. The predicted octanol–water partition coefficient (Wildman–Crippen LogP) is 3.49. The van der Waals surface area contributed by atoms with E-state index in [1.807, 2.05) is 31.2 Å². The van der Waals surface area contributed by atoms with Crippen molar-refractivity contribution in [3.8, 4) is 5.75 Å². The van der Waals surface area contributed by atoms with Crippen LogP contribution in [0.15, 0.2) is 29.3 Å². The van der Waals surface area contributed by atoms with Crippen molar-refractivity contribution in [2.45, 2.75) is 6.92 Å². The summed E-state index contributed by atoms with van der Waals surface area (Å²) in [6, 6.07) is 7.57. The zero-order valence-corrected chi connectivity index (χ0v) is 10.9. The molecule has 0 amide bonds. The molecule has 1 heterocycles. The first-order chi connectivity index (χ1) is 7.79. The van der Waals surface area contributed by atoms with Crippen molar-refractivity contribution in [1.82, 2.24) is 4.37 Å². The summed E-state index contributed by atoms with van der Waals surface area (Å²) >= 11 is 5.86. The smallest absolute Gasteiger partial charge is 0.179 e.